The highest BCUT2D eigenvalue weighted by atomic mass is 16.6. The minimum Gasteiger partial charge on any atom is -0.393 e. The minimum absolute atomic E-state index is 0.0311. The van der Waals surface area contributed by atoms with E-state index in [9.17, 15) is 14.9 Å². The third-order valence-electron chi connectivity index (χ3n) is 4.77. The summed E-state index contributed by atoms with van der Waals surface area (Å²) < 4.78 is 0. The number of hydrogen-bond acceptors (Lipinski definition) is 4. The van der Waals surface area contributed by atoms with Crippen LogP contribution in [0.2, 0.25) is 0 Å². The number of amides is 1. The Bertz CT molecular complexity index is 770. The van der Waals surface area contributed by atoms with E-state index in [4.69, 9.17) is 5.73 Å². The lowest BCUT2D eigenvalue weighted by atomic mass is 9.64. The molecular formula is C18H19N3O3. The molecule has 3 rings (SSSR count). The first-order valence-electron chi connectivity index (χ1n) is 7.89. The molecule has 0 bridgehead atoms. The van der Waals surface area contributed by atoms with E-state index < -0.39 is 4.92 Å². The van der Waals surface area contributed by atoms with Crippen molar-refractivity contribution in [1.29, 1.82) is 0 Å². The minimum atomic E-state index is -0.580. The van der Waals surface area contributed by atoms with Crippen molar-refractivity contribution in [3.63, 3.8) is 0 Å². The van der Waals surface area contributed by atoms with Crippen LogP contribution in [0, 0.1) is 10.1 Å². The molecule has 0 unspecified atom stereocenters. The first-order chi connectivity index (χ1) is 11.5. The molecule has 0 radical (unpaired) electrons. The van der Waals surface area contributed by atoms with Crippen LogP contribution in [0.5, 0.6) is 0 Å². The first kappa shape index (κ1) is 16.0. The molecule has 0 aliphatic heterocycles. The Morgan fingerprint density at radius 1 is 1.21 bits per heavy atom. The van der Waals surface area contributed by atoms with E-state index in [0.717, 1.165) is 19.3 Å². The first-order valence-corrected chi connectivity index (χ1v) is 7.89. The zero-order chi connectivity index (χ0) is 17.2. The predicted octanol–water partition coefficient (Wildman–Crippen LogP) is 3.03. The van der Waals surface area contributed by atoms with Gasteiger partial charge in [-0.2, -0.15) is 0 Å². The Morgan fingerprint density at radius 2 is 1.92 bits per heavy atom. The zero-order valence-corrected chi connectivity index (χ0v) is 13.2. The summed E-state index contributed by atoms with van der Waals surface area (Å²) in [5.41, 5.74) is 6.81. The fourth-order valence-electron chi connectivity index (χ4n) is 3.16. The Hall–Kier alpha value is -2.89. The molecule has 3 N–H and O–H groups in total. The number of nitro groups is 1. The van der Waals surface area contributed by atoms with Gasteiger partial charge in [-0.1, -0.05) is 36.8 Å². The molecule has 6 nitrogen and oxygen atoms in total. The number of nitro benzene ring substituents is 1. The van der Waals surface area contributed by atoms with Crippen molar-refractivity contribution in [2.24, 2.45) is 0 Å². The molecule has 1 amide bonds. The maximum Gasteiger partial charge on any atom is 0.292 e. The van der Waals surface area contributed by atoms with Crippen molar-refractivity contribution in [2.75, 3.05) is 12.3 Å². The largest absolute Gasteiger partial charge is 0.393 e. The Labute approximate surface area is 139 Å². The summed E-state index contributed by atoms with van der Waals surface area (Å²) in [7, 11) is 0. The van der Waals surface area contributed by atoms with Crippen molar-refractivity contribution in [3.05, 3.63) is 69.8 Å². The van der Waals surface area contributed by atoms with Crippen LogP contribution in [0.25, 0.3) is 0 Å². The van der Waals surface area contributed by atoms with Gasteiger partial charge in [-0.05, 0) is 30.5 Å². The number of nitrogen functional groups attached to an aromatic ring is 1. The molecule has 0 saturated heterocycles. The molecule has 2 aromatic carbocycles. The zero-order valence-electron chi connectivity index (χ0n) is 13.2. The fourth-order valence-corrected chi connectivity index (χ4v) is 3.16. The second kappa shape index (κ2) is 6.31. The van der Waals surface area contributed by atoms with E-state index in [1.807, 2.05) is 18.2 Å². The Morgan fingerprint density at radius 3 is 2.50 bits per heavy atom. The number of rotatable bonds is 5. The van der Waals surface area contributed by atoms with Gasteiger partial charge >= 0.3 is 0 Å². The topological polar surface area (TPSA) is 98.3 Å². The molecule has 0 atom stereocenters. The van der Waals surface area contributed by atoms with E-state index in [1.165, 1.54) is 23.8 Å². The van der Waals surface area contributed by atoms with Crippen LogP contribution in [-0.4, -0.2) is 17.4 Å². The second-order valence-electron chi connectivity index (χ2n) is 6.21. The molecule has 1 aliphatic carbocycles. The molecule has 1 saturated carbocycles. The lowest BCUT2D eigenvalue weighted by Gasteiger charge is -2.42. The van der Waals surface area contributed by atoms with Gasteiger partial charge in [-0.15, -0.1) is 0 Å². The number of hydrogen-bond donors (Lipinski definition) is 2. The number of anilines is 1. The summed E-state index contributed by atoms with van der Waals surface area (Å²) >= 11 is 0. The SMILES string of the molecule is Nc1ccc(C(=O)NCC2(c3ccccc3)CCC2)cc1[N+](=O)[O-]. The highest BCUT2D eigenvalue weighted by molar-refractivity contribution is 5.95. The van der Waals surface area contributed by atoms with Gasteiger partial charge in [0, 0.05) is 23.6 Å². The standard InChI is InChI=1S/C18H19N3O3/c19-15-8-7-13(11-16(15)21(23)24)17(22)20-12-18(9-4-10-18)14-5-2-1-3-6-14/h1-3,5-8,11H,4,9-10,12,19H2,(H,20,22). The molecule has 24 heavy (non-hydrogen) atoms. The molecule has 1 aliphatic rings. The molecule has 124 valence electrons. The lowest BCUT2D eigenvalue weighted by molar-refractivity contribution is -0.383. The highest BCUT2D eigenvalue weighted by Gasteiger charge is 2.38. The van der Waals surface area contributed by atoms with Gasteiger partial charge in [-0.25, -0.2) is 0 Å². The van der Waals surface area contributed by atoms with E-state index in [1.54, 1.807) is 0 Å². The van der Waals surface area contributed by atoms with Crippen molar-refractivity contribution in [1.82, 2.24) is 5.32 Å². The van der Waals surface area contributed by atoms with Crippen molar-refractivity contribution < 1.29 is 9.72 Å². The van der Waals surface area contributed by atoms with Crippen LogP contribution in [0.15, 0.2) is 48.5 Å². The second-order valence-corrected chi connectivity index (χ2v) is 6.21. The normalized spacial score (nSPS) is 15.3. The molecule has 0 aromatic heterocycles. The van der Waals surface area contributed by atoms with Crippen molar-refractivity contribution in [3.8, 4) is 0 Å². The van der Waals surface area contributed by atoms with Crippen LogP contribution in [0.1, 0.15) is 35.2 Å². The molecule has 0 spiro atoms. The van der Waals surface area contributed by atoms with Crippen LogP contribution >= 0.6 is 0 Å². The number of benzene rings is 2. The van der Waals surface area contributed by atoms with Crippen molar-refractivity contribution >= 4 is 17.3 Å². The van der Waals surface area contributed by atoms with E-state index >= 15 is 0 Å². The summed E-state index contributed by atoms with van der Waals surface area (Å²) in [4.78, 5) is 22.7. The summed E-state index contributed by atoms with van der Waals surface area (Å²) in [6, 6.07) is 14.3. The number of carbonyl (C=O) groups is 1. The monoisotopic (exact) mass is 325 g/mol. The van der Waals surface area contributed by atoms with Gasteiger partial charge in [0.05, 0.1) is 4.92 Å². The van der Waals surface area contributed by atoms with Crippen LogP contribution < -0.4 is 11.1 Å². The Kier molecular flexibility index (Phi) is 4.20. The lowest BCUT2D eigenvalue weighted by Crippen LogP contribution is -2.45. The molecule has 0 heterocycles. The molecule has 1 fully saturated rings. The van der Waals surface area contributed by atoms with Gasteiger partial charge in [0.15, 0.2) is 0 Å². The highest BCUT2D eigenvalue weighted by Crippen LogP contribution is 2.43. The van der Waals surface area contributed by atoms with Crippen LogP contribution in [0.3, 0.4) is 0 Å². The van der Waals surface area contributed by atoms with Gasteiger partial charge < -0.3 is 11.1 Å². The maximum atomic E-state index is 12.4. The number of carbonyl (C=O) groups excluding carboxylic acids is 1. The summed E-state index contributed by atoms with van der Waals surface area (Å²) in [5.74, 6) is -0.319. The molecule has 2 aromatic rings. The fraction of sp³-hybridized carbons (Fsp3) is 0.278. The number of nitrogens with zero attached hydrogens (tertiary/aromatic N) is 1. The average molecular weight is 325 g/mol. The summed E-state index contributed by atoms with van der Waals surface area (Å²) in [5, 5.41) is 13.9. The van der Waals surface area contributed by atoms with Gasteiger partial charge in [0.25, 0.3) is 11.6 Å². The van der Waals surface area contributed by atoms with Crippen LogP contribution in [-0.2, 0) is 5.41 Å². The van der Waals surface area contributed by atoms with E-state index in [-0.39, 0.29) is 28.3 Å². The third kappa shape index (κ3) is 2.95. The van der Waals surface area contributed by atoms with Crippen LogP contribution in [0.4, 0.5) is 11.4 Å². The quantitative estimate of drug-likeness (QED) is 0.501. The maximum absolute atomic E-state index is 12.4. The van der Waals surface area contributed by atoms with E-state index in [2.05, 4.69) is 17.4 Å². The summed E-state index contributed by atoms with van der Waals surface area (Å²) in [6.45, 7) is 0.522. The van der Waals surface area contributed by atoms with Crippen molar-refractivity contribution in [2.45, 2.75) is 24.7 Å². The Balaban J connectivity index is 1.74. The van der Waals surface area contributed by atoms with Gasteiger partial charge in [-0.3, -0.25) is 14.9 Å². The van der Waals surface area contributed by atoms with Gasteiger partial charge in [0.2, 0.25) is 0 Å². The average Bonchev–Trinajstić information content (AvgIpc) is 2.55. The summed E-state index contributed by atoms with van der Waals surface area (Å²) in [6.07, 6.45) is 3.19. The molecular weight excluding hydrogens is 306 g/mol. The number of nitrogens with one attached hydrogen (secondary N) is 1. The molecule has 6 heteroatoms. The van der Waals surface area contributed by atoms with E-state index in [0.29, 0.717) is 6.54 Å². The smallest absolute Gasteiger partial charge is 0.292 e. The van der Waals surface area contributed by atoms with Gasteiger partial charge in [0.1, 0.15) is 5.69 Å². The third-order valence-corrected chi connectivity index (χ3v) is 4.77. The predicted molar refractivity (Wildman–Crippen MR) is 91.8 cm³/mol. The number of nitrogens with two attached hydrogens (primary N) is 1.